The van der Waals surface area contributed by atoms with Gasteiger partial charge in [-0.15, -0.1) is 0 Å². The molecule has 0 N–H and O–H groups in total. The Morgan fingerprint density at radius 1 is 0.230 bits per heavy atom. The van der Waals surface area contributed by atoms with Gasteiger partial charge in [0.25, 0.3) is 0 Å². The molecule has 0 aliphatic heterocycles. The van der Waals surface area contributed by atoms with Gasteiger partial charge >= 0.3 is 0 Å². The fourth-order valence-electron chi connectivity index (χ4n) is 12.8. The van der Waals surface area contributed by atoms with Crippen LogP contribution in [0.5, 0.6) is 0 Å². The van der Waals surface area contributed by atoms with Crippen LogP contribution in [0.2, 0.25) is 0 Å². The zero-order chi connectivity index (χ0) is 48.7. The quantitative estimate of drug-likeness (QED) is 0.150. The summed E-state index contributed by atoms with van der Waals surface area (Å²) in [5.41, 5.74) is 27.6. The van der Waals surface area contributed by atoms with Crippen molar-refractivity contribution in [3.05, 3.63) is 307 Å². The van der Waals surface area contributed by atoms with Crippen LogP contribution < -0.4 is 0 Å². The predicted octanol–water partition coefficient (Wildman–Crippen LogP) is 19.1. The summed E-state index contributed by atoms with van der Waals surface area (Å²) in [7, 11) is 0. The molecule has 1 aromatic heterocycles. The third-order valence-corrected chi connectivity index (χ3v) is 15.9. The van der Waals surface area contributed by atoms with Crippen molar-refractivity contribution in [2.24, 2.45) is 0 Å². The lowest BCUT2D eigenvalue weighted by Gasteiger charge is -2.31. The maximum absolute atomic E-state index is 2.62. The number of hydrogen-bond donors (Lipinski definition) is 0. The highest BCUT2D eigenvalue weighted by Gasteiger charge is 2.53. The Morgan fingerprint density at radius 2 is 0.554 bits per heavy atom. The Kier molecular flexibility index (Phi) is 9.55. The summed E-state index contributed by atoms with van der Waals surface area (Å²) in [6, 6.07) is 106. The van der Waals surface area contributed by atoms with E-state index in [9.17, 15) is 0 Å². The zero-order valence-corrected chi connectivity index (χ0v) is 40.6. The van der Waals surface area contributed by atoms with E-state index in [1.807, 2.05) is 0 Å². The van der Waals surface area contributed by atoms with Crippen molar-refractivity contribution in [2.45, 2.75) is 5.41 Å². The Bertz CT molecular complexity index is 4010. The predicted molar refractivity (Wildman–Crippen MR) is 310 cm³/mol. The topological polar surface area (TPSA) is 4.93 Å². The third kappa shape index (κ3) is 6.43. The van der Waals surface area contributed by atoms with E-state index in [0.717, 1.165) is 27.9 Å². The molecular weight excluding hydrogens is 891 g/mol. The van der Waals surface area contributed by atoms with Crippen LogP contribution in [0.15, 0.2) is 285 Å². The highest BCUT2D eigenvalue weighted by atomic mass is 15.0. The number of para-hydroxylation sites is 1. The highest BCUT2D eigenvalue weighted by molar-refractivity contribution is 6.15. The van der Waals surface area contributed by atoms with Crippen LogP contribution in [-0.4, -0.2) is 4.57 Å². The van der Waals surface area contributed by atoms with E-state index in [0.29, 0.717) is 0 Å². The van der Waals surface area contributed by atoms with Gasteiger partial charge in [0.2, 0.25) is 0 Å². The maximum Gasteiger partial charge on any atom is 0.0746 e. The zero-order valence-electron chi connectivity index (χ0n) is 40.6. The molecule has 0 bridgehead atoms. The van der Waals surface area contributed by atoms with Crippen molar-refractivity contribution in [1.29, 1.82) is 0 Å². The monoisotopic (exact) mass is 937 g/mol. The molecule has 0 saturated carbocycles. The molecule has 74 heavy (non-hydrogen) atoms. The molecule has 0 atom stereocenters. The molecule has 1 spiro atoms. The molecule has 0 amide bonds. The van der Waals surface area contributed by atoms with Crippen LogP contribution in [0.4, 0.5) is 0 Å². The fourth-order valence-corrected chi connectivity index (χ4v) is 12.8. The summed E-state index contributed by atoms with van der Waals surface area (Å²) in [6.45, 7) is 0. The van der Waals surface area contributed by atoms with E-state index in [1.54, 1.807) is 0 Å². The highest BCUT2D eigenvalue weighted by Crippen LogP contribution is 2.64. The van der Waals surface area contributed by atoms with Gasteiger partial charge in [-0.25, -0.2) is 0 Å². The van der Waals surface area contributed by atoms with E-state index in [1.165, 1.54) is 111 Å². The molecule has 12 aromatic carbocycles. The number of benzene rings is 12. The summed E-state index contributed by atoms with van der Waals surface area (Å²) >= 11 is 0. The van der Waals surface area contributed by atoms with E-state index in [4.69, 9.17) is 0 Å². The molecule has 1 nitrogen and oxygen atoms in total. The van der Waals surface area contributed by atoms with Gasteiger partial charge in [-0.1, -0.05) is 224 Å². The van der Waals surface area contributed by atoms with Crippen LogP contribution in [-0.2, 0) is 5.41 Å². The van der Waals surface area contributed by atoms with Gasteiger partial charge in [0.15, 0.2) is 0 Å². The summed E-state index contributed by atoms with van der Waals surface area (Å²) in [6.07, 6.45) is 0. The molecule has 2 aliphatic carbocycles. The van der Waals surface area contributed by atoms with E-state index in [2.05, 4.69) is 290 Å². The lowest BCUT2D eigenvalue weighted by molar-refractivity contribution is 0.797. The van der Waals surface area contributed by atoms with Gasteiger partial charge in [-0.05, 0) is 166 Å². The minimum atomic E-state index is -0.547. The maximum atomic E-state index is 2.62. The van der Waals surface area contributed by atoms with E-state index < -0.39 is 5.41 Å². The number of rotatable bonds is 7. The van der Waals surface area contributed by atoms with Gasteiger partial charge in [-0.2, -0.15) is 0 Å². The summed E-state index contributed by atoms with van der Waals surface area (Å²) in [5.74, 6) is 0. The minimum absolute atomic E-state index is 0.547. The van der Waals surface area contributed by atoms with Crippen molar-refractivity contribution in [2.75, 3.05) is 0 Å². The summed E-state index contributed by atoms with van der Waals surface area (Å²) in [5, 5.41) is 2.48. The second kappa shape index (κ2) is 16.8. The molecule has 13 aromatic rings. The molecule has 0 radical (unpaired) electrons. The van der Waals surface area contributed by atoms with Crippen molar-refractivity contribution < 1.29 is 0 Å². The minimum Gasteiger partial charge on any atom is -0.309 e. The molecular formula is C73H47N. The first kappa shape index (κ1) is 42.2. The van der Waals surface area contributed by atoms with Gasteiger partial charge < -0.3 is 4.57 Å². The summed E-state index contributed by atoms with van der Waals surface area (Å²) in [4.78, 5) is 0. The number of hydrogen-bond acceptors (Lipinski definition) is 0. The van der Waals surface area contributed by atoms with Crippen molar-refractivity contribution in [1.82, 2.24) is 4.57 Å². The van der Waals surface area contributed by atoms with Gasteiger partial charge in [-0.3, -0.25) is 0 Å². The lowest BCUT2D eigenvalue weighted by Crippen LogP contribution is -2.26. The van der Waals surface area contributed by atoms with Crippen LogP contribution in [0.3, 0.4) is 0 Å². The van der Waals surface area contributed by atoms with Crippen molar-refractivity contribution >= 4 is 21.8 Å². The molecule has 1 heterocycles. The lowest BCUT2D eigenvalue weighted by atomic mass is 9.70. The molecule has 0 saturated heterocycles. The molecule has 2 aliphatic rings. The fraction of sp³-hybridized carbons (Fsp3) is 0.0137. The van der Waals surface area contributed by atoms with E-state index in [-0.39, 0.29) is 0 Å². The van der Waals surface area contributed by atoms with Crippen LogP contribution >= 0.6 is 0 Å². The average molecular weight is 938 g/mol. The standard InChI is InChI=1S/C73H47N/c1-5-21-48(22-6-1)52-39-53(49-23-7-2-8-24-49)42-56(41-52)58-45-59(57-43-54(50-25-9-3-10-26-50)40-55(44-57)51-27-11-4-12-28-51)47-60(46-58)74-70-36-20-16-32-64(70)66-38-37-65-63-31-15-19-35-69(63)73(71(65)72(66)74)67-33-17-13-29-61(67)62-30-14-18-34-68(62)73/h1-47H. The molecule has 0 fully saturated rings. The number of nitrogens with zero attached hydrogens (tertiary/aromatic N) is 1. The van der Waals surface area contributed by atoms with Crippen LogP contribution in [0.25, 0.3) is 117 Å². The van der Waals surface area contributed by atoms with Gasteiger partial charge in [0.05, 0.1) is 16.4 Å². The van der Waals surface area contributed by atoms with Crippen LogP contribution in [0.1, 0.15) is 22.3 Å². The normalized spacial score (nSPS) is 12.7. The first-order valence-electron chi connectivity index (χ1n) is 25.7. The number of fused-ring (bicyclic) bond motifs is 14. The second-order valence-electron chi connectivity index (χ2n) is 20.0. The Morgan fingerprint density at radius 3 is 0.973 bits per heavy atom. The average Bonchev–Trinajstić information content (AvgIpc) is 4.28. The molecule has 1 heteroatoms. The Labute approximate surface area is 431 Å². The van der Waals surface area contributed by atoms with Crippen LogP contribution in [0, 0.1) is 0 Å². The van der Waals surface area contributed by atoms with Gasteiger partial charge in [0.1, 0.15) is 0 Å². The van der Waals surface area contributed by atoms with Crippen molar-refractivity contribution in [3.8, 4) is 94.7 Å². The molecule has 15 rings (SSSR count). The first-order valence-corrected chi connectivity index (χ1v) is 25.7. The first-order chi connectivity index (χ1) is 36.7. The van der Waals surface area contributed by atoms with Gasteiger partial charge in [0, 0.05) is 22.0 Å². The SMILES string of the molecule is c1ccc(-c2cc(-c3ccccc3)cc(-c3cc(-c4cc(-c5ccccc5)cc(-c5ccccc5)c4)cc(-n4c5ccccc5c5ccc6c(c54)C4(c5ccccc5-c5ccccc54)c4ccccc4-6)c3)c2)cc1. The Balaban J connectivity index is 1.08. The number of aromatic nitrogens is 1. The Hall–Kier alpha value is -9.56. The van der Waals surface area contributed by atoms with Crippen molar-refractivity contribution in [3.63, 3.8) is 0 Å². The largest absolute Gasteiger partial charge is 0.309 e. The molecule has 0 unspecified atom stereocenters. The third-order valence-electron chi connectivity index (χ3n) is 15.9. The molecule has 344 valence electrons. The summed E-state index contributed by atoms with van der Waals surface area (Å²) < 4.78 is 2.62. The smallest absolute Gasteiger partial charge is 0.0746 e. The van der Waals surface area contributed by atoms with E-state index >= 15 is 0 Å². The second-order valence-corrected chi connectivity index (χ2v) is 20.0.